The Morgan fingerprint density at radius 3 is 2.57 bits per heavy atom. The third kappa shape index (κ3) is 3.84. The number of carboxylic acids is 1. The molecule has 0 saturated carbocycles. The predicted molar refractivity (Wildman–Crippen MR) is 86.2 cm³/mol. The van der Waals surface area contributed by atoms with Crippen molar-refractivity contribution in [3.8, 4) is 0 Å². The summed E-state index contributed by atoms with van der Waals surface area (Å²) < 4.78 is 13.6. The molecular weight excluding hydrogens is 391 g/mol. The molecule has 2 rings (SSSR count). The zero-order valence-electron chi connectivity index (χ0n) is 10.9. The van der Waals surface area contributed by atoms with Crippen molar-refractivity contribution >= 4 is 64.3 Å². The van der Waals surface area contributed by atoms with Crippen molar-refractivity contribution < 1.29 is 14.3 Å². The van der Waals surface area contributed by atoms with E-state index in [4.69, 9.17) is 46.4 Å². The van der Waals surface area contributed by atoms with Crippen LogP contribution in [0.15, 0.2) is 23.3 Å². The van der Waals surface area contributed by atoms with Gasteiger partial charge in [-0.25, -0.2) is 9.37 Å². The smallest absolute Gasteiger partial charge is 0.150 e. The molecule has 10 heteroatoms. The number of halogens is 5. The van der Waals surface area contributed by atoms with Crippen LogP contribution in [0, 0.1) is 5.82 Å². The molecule has 0 aliphatic heterocycles. The van der Waals surface area contributed by atoms with Gasteiger partial charge in [-0.05, 0) is 12.1 Å². The lowest BCUT2D eigenvalue weighted by atomic mass is 10.2. The maximum atomic E-state index is 13.6. The molecule has 0 radical (unpaired) electrons. The van der Waals surface area contributed by atoms with Crippen LogP contribution in [0.25, 0.3) is 0 Å². The first-order chi connectivity index (χ1) is 10.8. The summed E-state index contributed by atoms with van der Waals surface area (Å²) in [6.07, 6.45) is 1.08. The molecule has 120 valence electrons. The average Bonchev–Trinajstić information content (AvgIpc) is 2.48. The topological polar surface area (TPSA) is 77.4 Å². The Bertz CT molecular complexity index is 794. The van der Waals surface area contributed by atoms with E-state index in [1.807, 2.05) is 0 Å². The highest BCUT2D eigenvalue weighted by molar-refractivity contribution is 6.46. The van der Waals surface area contributed by atoms with Crippen molar-refractivity contribution in [2.75, 3.05) is 5.43 Å². The summed E-state index contributed by atoms with van der Waals surface area (Å²) in [4.78, 5) is 14.4. The highest BCUT2D eigenvalue weighted by Crippen LogP contribution is 2.36. The van der Waals surface area contributed by atoms with Crippen LogP contribution in [0.3, 0.4) is 0 Å². The number of hydrogen-bond acceptors (Lipinski definition) is 5. The van der Waals surface area contributed by atoms with Crippen molar-refractivity contribution in [3.63, 3.8) is 0 Å². The first-order valence-corrected chi connectivity index (χ1v) is 7.33. The van der Waals surface area contributed by atoms with Crippen LogP contribution in [0.1, 0.15) is 16.1 Å². The van der Waals surface area contributed by atoms with Crippen molar-refractivity contribution in [1.82, 2.24) is 4.98 Å². The maximum absolute atomic E-state index is 13.6. The second-order valence-electron chi connectivity index (χ2n) is 4.05. The third-order valence-electron chi connectivity index (χ3n) is 2.60. The van der Waals surface area contributed by atoms with Crippen molar-refractivity contribution in [2.24, 2.45) is 5.10 Å². The molecule has 1 heterocycles. The van der Waals surface area contributed by atoms with E-state index >= 15 is 0 Å². The Balaban J connectivity index is 2.37. The van der Waals surface area contributed by atoms with Crippen LogP contribution in [-0.4, -0.2) is 17.2 Å². The van der Waals surface area contributed by atoms with Gasteiger partial charge in [0.05, 0.1) is 27.9 Å². The van der Waals surface area contributed by atoms with E-state index in [0.29, 0.717) is 0 Å². The summed E-state index contributed by atoms with van der Waals surface area (Å²) in [5, 5.41) is 14.0. The lowest BCUT2D eigenvalue weighted by molar-refractivity contribution is -0.255. The van der Waals surface area contributed by atoms with E-state index in [2.05, 4.69) is 15.5 Å². The summed E-state index contributed by atoms with van der Waals surface area (Å²) >= 11 is 23.3. The zero-order valence-corrected chi connectivity index (χ0v) is 13.9. The fraction of sp³-hybridized carbons (Fsp3) is 0. The molecule has 0 aliphatic rings. The van der Waals surface area contributed by atoms with Gasteiger partial charge >= 0.3 is 0 Å². The minimum absolute atomic E-state index is 0.0224. The SMILES string of the molecule is O=C([O-])c1nc(Cl)c(Cl)c(N/N=C\c2c(F)cccc2Cl)c1Cl. The first-order valence-electron chi connectivity index (χ1n) is 5.81. The lowest BCUT2D eigenvalue weighted by Crippen LogP contribution is -2.24. The molecule has 0 unspecified atom stereocenters. The molecule has 23 heavy (non-hydrogen) atoms. The summed E-state index contributed by atoms with van der Waals surface area (Å²) in [6, 6.07) is 4.11. The van der Waals surface area contributed by atoms with Crippen LogP contribution in [0.2, 0.25) is 20.2 Å². The second-order valence-corrected chi connectivity index (χ2v) is 5.57. The monoisotopic (exact) mass is 394 g/mol. The molecule has 0 spiro atoms. The molecule has 0 bridgehead atoms. The van der Waals surface area contributed by atoms with Crippen LogP contribution < -0.4 is 10.5 Å². The predicted octanol–water partition coefficient (Wildman–Crippen LogP) is 3.64. The molecule has 0 fully saturated rings. The third-order valence-corrected chi connectivity index (χ3v) is 4.04. The number of nitrogens with zero attached hydrogens (tertiary/aromatic N) is 2. The summed E-state index contributed by atoms with van der Waals surface area (Å²) in [6.45, 7) is 0. The fourth-order valence-corrected chi connectivity index (χ4v) is 2.42. The first kappa shape index (κ1) is 17.7. The van der Waals surface area contributed by atoms with Crippen molar-refractivity contribution in [3.05, 3.63) is 55.5 Å². The quantitative estimate of drug-likeness (QED) is 0.487. The minimum atomic E-state index is -1.64. The molecule has 1 aromatic heterocycles. The second kappa shape index (κ2) is 7.31. The molecule has 0 aliphatic carbocycles. The minimum Gasteiger partial charge on any atom is -0.543 e. The molecule has 2 aromatic rings. The highest BCUT2D eigenvalue weighted by Gasteiger charge is 2.17. The van der Waals surface area contributed by atoms with E-state index in [9.17, 15) is 14.3 Å². The van der Waals surface area contributed by atoms with Gasteiger partial charge in [0, 0.05) is 5.56 Å². The van der Waals surface area contributed by atoms with Crippen molar-refractivity contribution in [1.29, 1.82) is 0 Å². The Hall–Kier alpha value is -1.60. The van der Waals surface area contributed by atoms with Gasteiger partial charge in [-0.15, -0.1) is 0 Å². The van der Waals surface area contributed by atoms with Crippen LogP contribution >= 0.6 is 46.4 Å². The summed E-state index contributed by atoms with van der Waals surface area (Å²) in [5.74, 6) is -2.24. The summed E-state index contributed by atoms with van der Waals surface area (Å²) in [7, 11) is 0. The van der Waals surface area contributed by atoms with Crippen LogP contribution in [-0.2, 0) is 0 Å². The Morgan fingerprint density at radius 2 is 1.96 bits per heavy atom. The molecular formula is C13H5Cl4FN3O2-. The number of anilines is 1. The van der Waals surface area contributed by atoms with E-state index in [1.54, 1.807) is 0 Å². The van der Waals surface area contributed by atoms with Gasteiger partial charge in [-0.3, -0.25) is 5.43 Å². The highest BCUT2D eigenvalue weighted by atomic mass is 35.5. The number of pyridine rings is 1. The lowest BCUT2D eigenvalue weighted by Gasteiger charge is -2.12. The Morgan fingerprint density at radius 1 is 1.26 bits per heavy atom. The van der Waals surface area contributed by atoms with Gasteiger partial charge in [0.15, 0.2) is 5.15 Å². The fourth-order valence-electron chi connectivity index (χ4n) is 1.54. The van der Waals surface area contributed by atoms with Crippen molar-refractivity contribution in [2.45, 2.75) is 0 Å². The largest absolute Gasteiger partial charge is 0.543 e. The molecule has 0 amide bonds. The van der Waals surface area contributed by atoms with E-state index < -0.39 is 17.5 Å². The number of carbonyl (C=O) groups is 1. The Kier molecular flexibility index (Phi) is 5.64. The van der Waals surface area contributed by atoms with Gasteiger partial charge in [0.2, 0.25) is 0 Å². The van der Waals surface area contributed by atoms with Gasteiger partial charge in [-0.1, -0.05) is 52.5 Å². The number of carbonyl (C=O) groups excluding carboxylic acids is 1. The standard InChI is InChI=1S/C13H6Cl4FN3O2/c14-6-2-1-3-7(18)5(6)4-19-21-10-8(15)11(13(22)23)20-12(17)9(10)16/h1-4H,(H,20,21)(H,22,23)/p-1/b19-4-. The molecule has 1 aromatic carbocycles. The van der Waals surface area contributed by atoms with E-state index in [0.717, 1.165) is 6.21 Å². The Labute approximate surface area is 149 Å². The van der Waals surface area contributed by atoms with Gasteiger partial charge in [0.1, 0.15) is 16.5 Å². The van der Waals surface area contributed by atoms with Crippen LogP contribution in [0.5, 0.6) is 0 Å². The maximum Gasteiger partial charge on any atom is 0.150 e. The van der Waals surface area contributed by atoms with Gasteiger partial charge in [0.25, 0.3) is 0 Å². The molecule has 0 saturated heterocycles. The number of benzene rings is 1. The van der Waals surface area contributed by atoms with Gasteiger partial charge in [-0.2, -0.15) is 5.10 Å². The number of hydrogen-bond donors (Lipinski definition) is 1. The number of aromatic nitrogens is 1. The van der Waals surface area contributed by atoms with E-state index in [1.165, 1.54) is 18.2 Å². The normalized spacial score (nSPS) is 11.0. The number of hydrazone groups is 1. The zero-order chi connectivity index (χ0) is 17.1. The summed E-state index contributed by atoms with van der Waals surface area (Å²) in [5.41, 5.74) is 1.68. The number of carboxylic acid groups (broad SMARTS) is 1. The van der Waals surface area contributed by atoms with Crippen LogP contribution in [0.4, 0.5) is 10.1 Å². The average molecular weight is 396 g/mol. The van der Waals surface area contributed by atoms with Gasteiger partial charge < -0.3 is 9.90 Å². The number of nitrogens with one attached hydrogen (secondary N) is 1. The molecule has 5 nitrogen and oxygen atoms in total. The molecule has 0 atom stereocenters. The molecule has 1 N–H and O–H groups in total. The number of aromatic carboxylic acids is 1. The van der Waals surface area contributed by atoms with E-state index in [-0.39, 0.29) is 31.5 Å². The number of rotatable bonds is 4.